The van der Waals surface area contributed by atoms with E-state index in [1.54, 1.807) is 10.9 Å². The smallest absolute Gasteiger partial charge is 0.258 e. The van der Waals surface area contributed by atoms with Gasteiger partial charge in [-0.25, -0.2) is 4.68 Å². The minimum absolute atomic E-state index is 0. The van der Waals surface area contributed by atoms with Gasteiger partial charge in [0.15, 0.2) is 0 Å². The quantitative estimate of drug-likeness (QED) is 0.681. The normalized spacial score (nSPS) is 32.6. The van der Waals surface area contributed by atoms with E-state index in [1.165, 1.54) is 64.2 Å². The average molecular weight is 437 g/mol. The fraction of sp³-hybridized carbons (Fsp3) is 0.826. The van der Waals surface area contributed by atoms with E-state index >= 15 is 0 Å². The fourth-order valence-electron chi connectivity index (χ4n) is 6.90. The van der Waals surface area contributed by atoms with Crippen LogP contribution in [0.1, 0.15) is 74.6 Å². The molecule has 0 aromatic carbocycles. The van der Waals surface area contributed by atoms with Crippen molar-refractivity contribution >= 4 is 18.3 Å². The van der Waals surface area contributed by atoms with Crippen LogP contribution in [0.4, 0.5) is 0 Å². The highest BCUT2D eigenvalue weighted by molar-refractivity contribution is 5.96. The highest BCUT2D eigenvalue weighted by atomic mass is 35.5. The number of rotatable bonds is 7. The van der Waals surface area contributed by atoms with Crippen LogP contribution in [0.15, 0.2) is 6.20 Å². The van der Waals surface area contributed by atoms with Gasteiger partial charge in [-0.2, -0.15) is 5.10 Å². The maximum atomic E-state index is 13.3. The third-order valence-electron chi connectivity index (χ3n) is 8.08. The van der Waals surface area contributed by atoms with Crippen LogP contribution in [0.2, 0.25) is 0 Å². The van der Waals surface area contributed by atoms with Gasteiger partial charge in [-0.05, 0) is 74.5 Å². The van der Waals surface area contributed by atoms with Crippen molar-refractivity contribution in [3.63, 3.8) is 0 Å². The predicted octanol–water partition coefficient (Wildman–Crippen LogP) is 3.78. The van der Waals surface area contributed by atoms with E-state index in [0.29, 0.717) is 54.9 Å². The zero-order valence-electron chi connectivity index (χ0n) is 17.9. The number of amides is 1. The van der Waals surface area contributed by atoms with Crippen LogP contribution in [0.25, 0.3) is 0 Å². The molecule has 5 saturated carbocycles. The molecule has 1 aromatic heterocycles. The first-order valence-electron chi connectivity index (χ1n) is 11.9. The highest BCUT2D eigenvalue weighted by Gasteiger charge is 2.48. The minimum atomic E-state index is -0.00982. The molecule has 7 heteroatoms. The van der Waals surface area contributed by atoms with Gasteiger partial charge in [-0.3, -0.25) is 4.79 Å². The first-order valence-corrected chi connectivity index (χ1v) is 11.9. The monoisotopic (exact) mass is 436 g/mol. The van der Waals surface area contributed by atoms with E-state index in [4.69, 9.17) is 10.5 Å². The van der Waals surface area contributed by atoms with Gasteiger partial charge in [0.05, 0.1) is 19.3 Å². The number of halogens is 1. The van der Waals surface area contributed by atoms with Gasteiger partial charge < -0.3 is 15.8 Å². The summed E-state index contributed by atoms with van der Waals surface area (Å²) in [5, 5.41) is 7.83. The lowest BCUT2D eigenvalue weighted by Gasteiger charge is -2.54. The molecular weight excluding hydrogens is 400 g/mol. The number of carbonyl (C=O) groups is 1. The Morgan fingerprint density at radius 3 is 2.40 bits per heavy atom. The number of nitrogens with zero attached hydrogens (tertiary/aromatic N) is 2. The number of ether oxygens (including phenoxy) is 1. The van der Waals surface area contributed by atoms with Crippen molar-refractivity contribution in [2.45, 2.75) is 76.8 Å². The number of hydrogen-bond donors (Lipinski definition) is 2. The molecule has 168 valence electrons. The second-order valence-corrected chi connectivity index (χ2v) is 10.1. The van der Waals surface area contributed by atoms with E-state index in [0.717, 1.165) is 11.8 Å². The van der Waals surface area contributed by atoms with Crippen molar-refractivity contribution in [1.29, 1.82) is 0 Å². The van der Waals surface area contributed by atoms with Crippen LogP contribution in [0, 0.1) is 29.6 Å². The van der Waals surface area contributed by atoms with E-state index in [2.05, 4.69) is 10.4 Å². The summed E-state index contributed by atoms with van der Waals surface area (Å²) in [6.07, 6.45) is 14.7. The van der Waals surface area contributed by atoms with Crippen molar-refractivity contribution in [2.75, 3.05) is 13.2 Å². The molecule has 4 bridgehead atoms. The largest absolute Gasteiger partial charge is 0.477 e. The van der Waals surface area contributed by atoms with Crippen molar-refractivity contribution in [1.82, 2.24) is 15.1 Å². The molecule has 6 rings (SSSR count). The summed E-state index contributed by atoms with van der Waals surface area (Å²) in [6, 6.07) is 0.333. The van der Waals surface area contributed by atoms with Crippen LogP contribution in [0.3, 0.4) is 0 Å². The van der Waals surface area contributed by atoms with Gasteiger partial charge in [-0.1, -0.05) is 19.3 Å². The first-order chi connectivity index (χ1) is 14.2. The Labute approximate surface area is 186 Å². The summed E-state index contributed by atoms with van der Waals surface area (Å²) in [6.45, 7) is 1.73. The Bertz CT molecular complexity index is 703. The van der Waals surface area contributed by atoms with Gasteiger partial charge in [0, 0.05) is 12.6 Å². The molecule has 1 amide bonds. The number of carbonyl (C=O) groups excluding carboxylic acids is 1. The van der Waals surface area contributed by atoms with Gasteiger partial charge in [-0.15, -0.1) is 12.4 Å². The third-order valence-corrected chi connectivity index (χ3v) is 8.08. The molecule has 30 heavy (non-hydrogen) atoms. The Morgan fingerprint density at radius 2 is 1.77 bits per heavy atom. The predicted molar refractivity (Wildman–Crippen MR) is 119 cm³/mol. The first kappa shape index (κ1) is 21.9. The summed E-state index contributed by atoms with van der Waals surface area (Å²) in [5.41, 5.74) is 6.35. The lowest BCUT2D eigenvalue weighted by molar-refractivity contribution is -0.0120. The van der Waals surface area contributed by atoms with E-state index in [9.17, 15) is 4.79 Å². The molecule has 0 atom stereocenters. The van der Waals surface area contributed by atoms with Crippen LogP contribution >= 0.6 is 12.4 Å². The molecule has 0 spiro atoms. The number of nitrogens with one attached hydrogen (secondary N) is 1. The summed E-state index contributed by atoms with van der Waals surface area (Å²) in [4.78, 5) is 13.3. The second kappa shape index (κ2) is 9.47. The minimum Gasteiger partial charge on any atom is -0.477 e. The molecule has 3 N–H and O–H groups in total. The molecule has 0 saturated heterocycles. The highest BCUT2D eigenvalue weighted by Crippen LogP contribution is 2.53. The lowest BCUT2D eigenvalue weighted by Crippen LogP contribution is -2.55. The molecule has 0 aliphatic heterocycles. The molecule has 5 fully saturated rings. The van der Waals surface area contributed by atoms with Crippen molar-refractivity contribution in [2.24, 2.45) is 35.3 Å². The summed E-state index contributed by atoms with van der Waals surface area (Å²) < 4.78 is 7.99. The Morgan fingerprint density at radius 1 is 1.10 bits per heavy atom. The molecule has 1 heterocycles. The summed E-state index contributed by atoms with van der Waals surface area (Å²) in [7, 11) is 0. The van der Waals surface area contributed by atoms with Crippen LogP contribution in [0.5, 0.6) is 5.88 Å². The second-order valence-electron chi connectivity index (χ2n) is 10.1. The average Bonchev–Trinajstić information content (AvgIpc) is 3.12. The molecular formula is C23H37ClN4O2. The summed E-state index contributed by atoms with van der Waals surface area (Å²) >= 11 is 0. The molecule has 5 aliphatic carbocycles. The van der Waals surface area contributed by atoms with Crippen molar-refractivity contribution in [3.8, 4) is 5.88 Å². The molecule has 1 aromatic rings. The van der Waals surface area contributed by atoms with Gasteiger partial charge in [0.2, 0.25) is 5.88 Å². The zero-order valence-corrected chi connectivity index (χ0v) is 18.7. The number of hydrogen-bond acceptors (Lipinski definition) is 4. The van der Waals surface area contributed by atoms with E-state index in [-0.39, 0.29) is 18.3 Å². The zero-order chi connectivity index (χ0) is 19.8. The van der Waals surface area contributed by atoms with Crippen LogP contribution in [-0.2, 0) is 6.54 Å². The molecule has 5 aliphatic rings. The SMILES string of the molecule is Cl.NCCn1ncc(C(=O)NC2C3CC4CC(C3)CC2C4)c1OCC1CCCCC1. The van der Waals surface area contributed by atoms with Gasteiger partial charge in [0.1, 0.15) is 5.56 Å². The maximum absolute atomic E-state index is 13.3. The molecule has 6 nitrogen and oxygen atoms in total. The molecule has 0 unspecified atom stereocenters. The Hall–Kier alpha value is -1.27. The van der Waals surface area contributed by atoms with Gasteiger partial charge in [0.25, 0.3) is 5.91 Å². The van der Waals surface area contributed by atoms with Crippen LogP contribution < -0.4 is 15.8 Å². The Kier molecular flexibility index (Phi) is 6.93. The van der Waals surface area contributed by atoms with E-state index in [1.807, 2.05) is 0 Å². The van der Waals surface area contributed by atoms with Gasteiger partial charge >= 0.3 is 0 Å². The number of aromatic nitrogens is 2. The van der Waals surface area contributed by atoms with E-state index < -0.39 is 0 Å². The fourth-order valence-corrected chi connectivity index (χ4v) is 6.90. The van der Waals surface area contributed by atoms with Crippen molar-refractivity contribution < 1.29 is 9.53 Å². The topological polar surface area (TPSA) is 82.2 Å². The third kappa shape index (κ3) is 4.36. The number of nitrogens with two attached hydrogens (primary N) is 1. The molecule has 0 radical (unpaired) electrons. The standard InChI is InChI=1S/C23H36N4O2.ClH/c24-6-7-27-23(29-14-15-4-2-1-3-5-15)20(13-25-27)22(28)26-21-18-9-16-8-17(11-18)12-19(21)10-16;/h13,15-19,21H,1-12,14,24H2,(H,26,28);1H. The summed E-state index contributed by atoms with van der Waals surface area (Å²) in [5.74, 6) is 4.35. The maximum Gasteiger partial charge on any atom is 0.258 e. The Balaban J connectivity index is 0.00000218. The van der Waals surface area contributed by atoms with Crippen molar-refractivity contribution in [3.05, 3.63) is 11.8 Å². The van der Waals surface area contributed by atoms with Crippen LogP contribution in [-0.4, -0.2) is 34.9 Å². The lowest BCUT2D eigenvalue weighted by atomic mass is 9.54.